The van der Waals surface area contributed by atoms with E-state index in [-0.39, 0.29) is 24.7 Å². The van der Waals surface area contributed by atoms with Crippen molar-refractivity contribution < 1.29 is 14.3 Å². The van der Waals surface area contributed by atoms with Crippen LogP contribution in [0.2, 0.25) is 0 Å². The van der Waals surface area contributed by atoms with Crippen molar-refractivity contribution in [1.29, 1.82) is 0 Å². The molecule has 2 amide bonds. The van der Waals surface area contributed by atoms with Crippen LogP contribution in [0.3, 0.4) is 0 Å². The minimum atomic E-state index is -0.602. The summed E-state index contributed by atoms with van der Waals surface area (Å²) in [6.45, 7) is 0.733. The predicted molar refractivity (Wildman–Crippen MR) is 68.1 cm³/mol. The molecule has 1 aromatic heterocycles. The Balaban J connectivity index is 1.70. The lowest BCUT2D eigenvalue weighted by molar-refractivity contribution is -0.134. The zero-order chi connectivity index (χ0) is 13.7. The average Bonchev–Trinajstić information content (AvgIpc) is 2.35. The summed E-state index contributed by atoms with van der Waals surface area (Å²) in [7, 11) is 0. The molecule has 0 spiro atoms. The third-order valence-corrected chi connectivity index (χ3v) is 2.96. The highest BCUT2D eigenvalue weighted by Gasteiger charge is 2.36. The zero-order valence-corrected chi connectivity index (χ0v) is 10.6. The molecule has 0 atom stereocenters. The molecule has 2 rings (SSSR count). The van der Waals surface area contributed by atoms with E-state index in [0.717, 1.165) is 5.56 Å². The molecule has 0 saturated carbocycles. The third-order valence-electron chi connectivity index (χ3n) is 2.96. The van der Waals surface area contributed by atoms with Gasteiger partial charge >= 0.3 is 0 Å². The van der Waals surface area contributed by atoms with Gasteiger partial charge in [0.25, 0.3) is 0 Å². The van der Waals surface area contributed by atoms with E-state index in [1.54, 1.807) is 12.4 Å². The number of hydrogen-bond donors (Lipinski definition) is 2. The fourth-order valence-corrected chi connectivity index (χ4v) is 1.86. The van der Waals surface area contributed by atoms with Gasteiger partial charge in [-0.2, -0.15) is 0 Å². The Morgan fingerprint density at radius 1 is 1.32 bits per heavy atom. The number of carbonyl (C=O) groups is 2. The van der Waals surface area contributed by atoms with Crippen molar-refractivity contribution in [3.05, 3.63) is 30.1 Å². The van der Waals surface area contributed by atoms with Crippen LogP contribution in [-0.2, 0) is 20.7 Å². The first-order valence-corrected chi connectivity index (χ1v) is 6.16. The smallest absolute Gasteiger partial charge is 0.228 e. The first-order valence-electron chi connectivity index (χ1n) is 6.16. The SMILES string of the molecule is NC1(CC(=O)NC(=O)CCc2ccncc2)COC1. The molecule has 2 heterocycles. The standard InChI is InChI=1S/C13H17N3O3/c14-13(8-19-9-13)7-12(18)16-11(17)2-1-10-3-5-15-6-4-10/h3-6H,1-2,7-9,14H2,(H,16,17,18). The van der Waals surface area contributed by atoms with E-state index in [4.69, 9.17) is 10.5 Å². The maximum absolute atomic E-state index is 11.6. The number of imide groups is 1. The van der Waals surface area contributed by atoms with Crippen molar-refractivity contribution in [1.82, 2.24) is 10.3 Å². The summed E-state index contributed by atoms with van der Waals surface area (Å²) < 4.78 is 4.95. The van der Waals surface area contributed by atoms with E-state index >= 15 is 0 Å². The number of nitrogens with zero attached hydrogens (tertiary/aromatic N) is 1. The van der Waals surface area contributed by atoms with E-state index in [0.29, 0.717) is 19.6 Å². The minimum absolute atomic E-state index is 0.119. The summed E-state index contributed by atoms with van der Waals surface area (Å²) in [4.78, 5) is 27.1. The maximum Gasteiger partial charge on any atom is 0.228 e. The predicted octanol–water partition coefficient (Wildman–Crippen LogP) is -0.225. The van der Waals surface area contributed by atoms with E-state index in [9.17, 15) is 9.59 Å². The molecule has 3 N–H and O–H groups in total. The minimum Gasteiger partial charge on any atom is -0.377 e. The fraction of sp³-hybridized carbons (Fsp3) is 0.462. The van der Waals surface area contributed by atoms with Gasteiger partial charge in [0.15, 0.2) is 0 Å². The van der Waals surface area contributed by atoms with E-state index in [1.165, 1.54) is 0 Å². The molecule has 1 fully saturated rings. The van der Waals surface area contributed by atoms with E-state index in [1.807, 2.05) is 12.1 Å². The van der Waals surface area contributed by atoms with E-state index < -0.39 is 5.54 Å². The van der Waals surface area contributed by atoms with Crippen LogP contribution in [0.4, 0.5) is 0 Å². The topological polar surface area (TPSA) is 94.3 Å². The fourth-order valence-electron chi connectivity index (χ4n) is 1.86. The number of nitrogens with one attached hydrogen (secondary N) is 1. The molecular weight excluding hydrogens is 246 g/mol. The lowest BCUT2D eigenvalue weighted by Crippen LogP contribution is -2.59. The van der Waals surface area contributed by atoms with Crippen LogP contribution in [0.5, 0.6) is 0 Å². The first-order chi connectivity index (χ1) is 9.07. The van der Waals surface area contributed by atoms with Crippen LogP contribution in [0.1, 0.15) is 18.4 Å². The lowest BCUT2D eigenvalue weighted by Gasteiger charge is -2.36. The number of aromatic nitrogens is 1. The van der Waals surface area contributed by atoms with Gasteiger partial charge in [0, 0.05) is 25.2 Å². The quantitative estimate of drug-likeness (QED) is 0.765. The second kappa shape index (κ2) is 5.90. The van der Waals surface area contributed by atoms with Crippen LogP contribution in [0.15, 0.2) is 24.5 Å². The molecule has 102 valence electrons. The summed E-state index contributed by atoms with van der Waals surface area (Å²) in [5.74, 6) is -0.629. The van der Waals surface area contributed by atoms with Gasteiger partial charge in [-0.1, -0.05) is 0 Å². The Kier molecular flexibility index (Phi) is 4.24. The first kappa shape index (κ1) is 13.6. The number of carbonyl (C=O) groups excluding carboxylic acids is 2. The molecule has 1 aliphatic heterocycles. The Hall–Kier alpha value is -1.79. The Bertz CT molecular complexity index is 457. The molecule has 6 nitrogen and oxygen atoms in total. The van der Waals surface area contributed by atoms with Gasteiger partial charge in [-0.15, -0.1) is 0 Å². The molecule has 0 aromatic carbocycles. The Morgan fingerprint density at radius 3 is 2.58 bits per heavy atom. The van der Waals surface area contributed by atoms with Crippen LogP contribution in [-0.4, -0.2) is 35.6 Å². The van der Waals surface area contributed by atoms with Crippen LogP contribution in [0.25, 0.3) is 0 Å². The molecule has 0 bridgehead atoms. The Morgan fingerprint density at radius 2 is 2.00 bits per heavy atom. The normalized spacial score (nSPS) is 16.5. The summed E-state index contributed by atoms with van der Waals surface area (Å²) in [6.07, 6.45) is 4.32. The number of nitrogens with two attached hydrogens (primary N) is 1. The number of rotatable bonds is 5. The monoisotopic (exact) mass is 263 g/mol. The summed E-state index contributed by atoms with van der Waals surface area (Å²) in [5.41, 5.74) is 6.25. The highest BCUT2D eigenvalue weighted by atomic mass is 16.5. The molecule has 1 aromatic rings. The lowest BCUT2D eigenvalue weighted by atomic mass is 9.94. The van der Waals surface area contributed by atoms with Gasteiger partial charge in [-0.25, -0.2) is 0 Å². The number of pyridine rings is 1. The van der Waals surface area contributed by atoms with Gasteiger partial charge in [0.05, 0.1) is 18.8 Å². The largest absolute Gasteiger partial charge is 0.377 e. The van der Waals surface area contributed by atoms with Crippen LogP contribution < -0.4 is 11.1 Å². The molecular formula is C13H17N3O3. The second-order valence-electron chi connectivity index (χ2n) is 4.86. The summed E-state index contributed by atoms with van der Waals surface area (Å²) in [6, 6.07) is 3.69. The molecule has 6 heteroatoms. The molecule has 0 radical (unpaired) electrons. The average molecular weight is 263 g/mol. The molecule has 0 aliphatic carbocycles. The molecule has 1 aliphatic rings. The second-order valence-corrected chi connectivity index (χ2v) is 4.86. The zero-order valence-electron chi connectivity index (χ0n) is 10.6. The highest BCUT2D eigenvalue weighted by Crippen LogP contribution is 2.17. The van der Waals surface area contributed by atoms with Gasteiger partial charge in [-0.05, 0) is 24.1 Å². The van der Waals surface area contributed by atoms with Crippen molar-refractivity contribution in [2.24, 2.45) is 5.73 Å². The van der Waals surface area contributed by atoms with Gasteiger partial charge in [0.2, 0.25) is 11.8 Å². The van der Waals surface area contributed by atoms with Crippen molar-refractivity contribution in [3.63, 3.8) is 0 Å². The van der Waals surface area contributed by atoms with Crippen molar-refractivity contribution in [3.8, 4) is 0 Å². The maximum atomic E-state index is 11.6. The molecule has 1 saturated heterocycles. The third kappa shape index (κ3) is 4.11. The Labute approximate surface area is 111 Å². The number of amides is 2. The number of aryl methyl sites for hydroxylation is 1. The van der Waals surface area contributed by atoms with E-state index in [2.05, 4.69) is 10.3 Å². The van der Waals surface area contributed by atoms with Crippen molar-refractivity contribution >= 4 is 11.8 Å². The number of hydrogen-bond acceptors (Lipinski definition) is 5. The summed E-state index contributed by atoms with van der Waals surface area (Å²) in [5, 5.41) is 2.35. The van der Waals surface area contributed by atoms with Gasteiger partial charge in [-0.3, -0.25) is 19.9 Å². The summed E-state index contributed by atoms with van der Waals surface area (Å²) >= 11 is 0. The van der Waals surface area contributed by atoms with Crippen LogP contribution in [0, 0.1) is 0 Å². The highest BCUT2D eigenvalue weighted by molar-refractivity contribution is 5.95. The van der Waals surface area contributed by atoms with Crippen LogP contribution >= 0.6 is 0 Å². The molecule has 19 heavy (non-hydrogen) atoms. The van der Waals surface area contributed by atoms with Gasteiger partial charge < -0.3 is 10.5 Å². The van der Waals surface area contributed by atoms with Gasteiger partial charge in [0.1, 0.15) is 0 Å². The van der Waals surface area contributed by atoms with Crippen molar-refractivity contribution in [2.45, 2.75) is 24.8 Å². The number of ether oxygens (including phenoxy) is 1. The molecule has 0 unspecified atom stereocenters. The van der Waals surface area contributed by atoms with Crippen molar-refractivity contribution in [2.75, 3.05) is 13.2 Å².